The first-order chi connectivity index (χ1) is 16.2. The number of carbonyl (C=O) groups excluding carboxylic acids is 3. The lowest BCUT2D eigenvalue weighted by atomic mass is 10.1. The second-order valence-corrected chi connectivity index (χ2v) is 7.92. The molecule has 2 heterocycles. The molecule has 15 heteroatoms. The minimum absolute atomic E-state index is 0.0694. The van der Waals surface area contributed by atoms with Gasteiger partial charge in [-0.15, -0.1) is 0 Å². The molecule has 2 fully saturated rings. The summed E-state index contributed by atoms with van der Waals surface area (Å²) in [5, 5.41) is 26.8. The van der Waals surface area contributed by atoms with Crippen LogP contribution < -0.4 is 10.6 Å². The van der Waals surface area contributed by atoms with Gasteiger partial charge in [0.15, 0.2) is 5.11 Å². The highest BCUT2D eigenvalue weighted by atomic mass is 32.1. The van der Waals surface area contributed by atoms with E-state index < -0.39 is 45.0 Å². The van der Waals surface area contributed by atoms with Crippen LogP contribution in [0.2, 0.25) is 0 Å². The maximum absolute atomic E-state index is 12.6. The Morgan fingerprint density at radius 3 is 2.50 bits per heavy atom. The largest absolute Gasteiger partial charge is 0.463 e. The number of nitrogens with zero attached hydrogens (tertiary/aromatic N) is 3. The lowest BCUT2D eigenvalue weighted by Crippen LogP contribution is -2.60. The van der Waals surface area contributed by atoms with Crippen LogP contribution in [0.3, 0.4) is 0 Å². The van der Waals surface area contributed by atoms with Gasteiger partial charge in [0.2, 0.25) is 5.91 Å². The Kier molecular flexibility index (Phi) is 8.01. The van der Waals surface area contributed by atoms with Gasteiger partial charge in [-0.3, -0.25) is 39.9 Å². The van der Waals surface area contributed by atoms with E-state index in [1.807, 2.05) is 0 Å². The standard InChI is InChI=1S/C19H21N5O9S/c25-16(33-10-14-2-1-5-32-14)9-15-18(27)20-3-4-22(15)19(34)21-17(26)11-6-12(23(28)29)8-13(7-11)24(30)31/h6-8,14-15H,1-5,9-10H2,(H,20,27)(H,21,26,34). The number of non-ortho nitro benzene ring substituents is 2. The van der Waals surface area contributed by atoms with E-state index in [9.17, 15) is 34.6 Å². The van der Waals surface area contributed by atoms with Crippen molar-refractivity contribution < 1.29 is 33.7 Å². The molecule has 2 aliphatic heterocycles. The van der Waals surface area contributed by atoms with E-state index in [1.165, 1.54) is 4.90 Å². The highest BCUT2D eigenvalue weighted by molar-refractivity contribution is 7.80. The third-order valence-electron chi connectivity index (χ3n) is 5.21. The monoisotopic (exact) mass is 495 g/mol. The van der Waals surface area contributed by atoms with Crippen molar-refractivity contribution in [2.24, 2.45) is 0 Å². The van der Waals surface area contributed by atoms with Crippen LogP contribution in [0.5, 0.6) is 0 Å². The first-order valence-electron chi connectivity index (χ1n) is 10.3. The molecule has 0 bridgehead atoms. The van der Waals surface area contributed by atoms with Crippen molar-refractivity contribution in [2.75, 3.05) is 26.3 Å². The first kappa shape index (κ1) is 24.9. The van der Waals surface area contributed by atoms with E-state index in [1.54, 1.807) is 0 Å². The molecule has 182 valence electrons. The third-order valence-corrected chi connectivity index (χ3v) is 5.55. The van der Waals surface area contributed by atoms with Gasteiger partial charge in [-0.1, -0.05) is 0 Å². The predicted octanol–water partition coefficient (Wildman–Crippen LogP) is 0.430. The molecule has 1 aromatic carbocycles. The zero-order valence-electron chi connectivity index (χ0n) is 17.8. The zero-order chi connectivity index (χ0) is 24.8. The predicted molar refractivity (Wildman–Crippen MR) is 118 cm³/mol. The molecule has 0 saturated carbocycles. The summed E-state index contributed by atoms with van der Waals surface area (Å²) in [6.45, 7) is 1.03. The van der Waals surface area contributed by atoms with Crippen LogP contribution in [0, 0.1) is 20.2 Å². The van der Waals surface area contributed by atoms with E-state index in [4.69, 9.17) is 21.7 Å². The van der Waals surface area contributed by atoms with Crippen LogP contribution in [0.25, 0.3) is 0 Å². The van der Waals surface area contributed by atoms with Crippen LogP contribution in [0.4, 0.5) is 11.4 Å². The Morgan fingerprint density at radius 2 is 1.91 bits per heavy atom. The first-order valence-corrected chi connectivity index (χ1v) is 10.7. The molecule has 0 radical (unpaired) electrons. The smallest absolute Gasteiger partial charge is 0.308 e. The summed E-state index contributed by atoms with van der Waals surface area (Å²) < 4.78 is 10.6. The summed E-state index contributed by atoms with van der Waals surface area (Å²) in [5.41, 5.74) is -1.65. The van der Waals surface area contributed by atoms with Crippen molar-refractivity contribution in [1.29, 1.82) is 0 Å². The van der Waals surface area contributed by atoms with E-state index in [-0.39, 0.29) is 42.9 Å². The molecular formula is C19H21N5O9S. The van der Waals surface area contributed by atoms with Crippen molar-refractivity contribution in [3.63, 3.8) is 0 Å². The van der Waals surface area contributed by atoms with Gasteiger partial charge in [-0.2, -0.15) is 0 Å². The summed E-state index contributed by atoms with van der Waals surface area (Å²) in [6, 6.07) is 1.40. The molecule has 0 aliphatic carbocycles. The van der Waals surface area contributed by atoms with Crippen molar-refractivity contribution in [2.45, 2.75) is 31.4 Å². The van der Waals surface area contributed by atoms with Gasteiger partial charge in [-0.05, 0) is 25.1 Å². The minimum atomic E-state index is -1.06. The number of rotatable bonds is 7. The Morgan fingerprint density at radius 1 is 1.24 bits per heavy atom. The molecule has 2 unspecified atom stereocenters. The number of nitro benzene ring substituents is 2. The van der Waals surface area contributed by atoms with Crippen LogP contribution in [0.1, 0.15) is 29.6 Å². The number of benzene rings is 1. The number of nitrogens with one attached hydrogen (secondary N) is 2. The van der Waals surface area contributed by atoms with Crippen molar-refractivity contribution in [3.05, 3.63) is 44.0 Å². The number of esters is 1. The van der Waals surface area contributed by atoms with Gasteiger partial charge in [0, 0.05) is 31.8 Å². The van der Waals surface area contributed by atoms with Gasteiger partial charge >= 0.3 is 5.97 Å². The number of ether oxygens (including phenoxy) is 2. The van der Waals surface area contributed by atoms with Gasteiger partial charge in [0.1, 0.15) is 12.6 Å². The second kappa shape index (κ2) is 10.9. The molecule has 3 rings (SSSR count). The van der Waals surface area contributed by atoms with Crippen molar-refractivity contribution >= 4 is 46.5 Å². The van der Waals surface area contributed by atoms with Crippen LogP contribution >= 0.6 is 12.2 Å². The summed E-state index contributed by atoms with van der Waals surface area (Å²) >= 11 is 5.23. The SMILES string of the molecule is O=C(CC1C(=O)NCCN1C(=S)NC(=O)c1cc([N+](=O)[O-])cc([N+](=O)[O-])c1)OCC1CCCO1. The van der Waals surface area contributed by atoms with Crippen LogP contribution in [-0.4, -0.2) is 76.1 Å². The average molecular weight is 495 g/mol. The Labute approximate surface area is 197 Å². The van der Waals surface area contributed by atoms with Crippen LogP contribution in [0.15, 0.2) is 18.2 Å². The number of carbonyl (C=O) groups is 3. The Hall–Kier alpha value is -3.72. The molecule has 34 heavy (non-hydrogen) atoms. The van der Waals surface area contributed by atoms with Gasteiger partial charge in [0.05, 0.1) is 34.0 Å². The number of hydrogen-bond donors (Lipinski definition) is 2. The molecule has 2 atom stereocenters. The fourth-order valence-electron chi connectivity index (χ4n) is 3.52. The zero-order valence-corrected chi connectivity index (χ0v) is 18.6. The molecule has 1 aromatic rings. The number of amides is 2. The van der Waals surface area contributed by atoms with Gasteiger partial charge in [-0.25, -0.2) is 0 Å². The second-order valence-electron chi connectivity index (χ2n) is 7.53. The van der Waals surface area contributed by atoms with Gasteiger partial charge in [0.25, 0.3) is 17.3 Å². The summed E-state index contributed by atoms with van der Waals surface area (Å²) in [4.78, 5) is 59.0. The highest BCUT2D eigenvalue weighted by Crippen LogP contribution is 2.23. The average Bonchev–Trinajstić information content (AvgIpc) is 3.32. The van der Waals surface area contributed by atoms with Gasteiger partial charge < -0.3 is 19.7 Å². The van der Waals surface area contributed by atoms with Crippen molar-refractivity contribution in [1.82, 2.24) is 15.5 Å². The minimum Gasteiger partial charge on any atom is -0.463 e. The molecule has 2 aliphatic rings. The fourth-order valence-corrected chi connectivity index (χ4v) is 3.83. The number of piperazine rings is 1. The fraction of sp³-hybridized carbons (Fsp3) is 0.474. The Balaban J connectivity index is 1.68. The van der Waals surface area contributed by atoms with E-state index in [0.717, 1.165) is 31.0 Å². The number of hydrogen-bond acceptors (Lipinski definition) is 10. The maximum atomic E-state index is 12.6. The van der Waals surface area contributed by atoms with Crippen LogP contribution in [-0.2, 0) is 19.1 Å². The number of nitro groups is 2. The molecule has 2 amide bonds. The third kappa shape index (κ3) is 6.20. The van der Waals surface area contributed by atoms with Crippen molar-refractivity contribution in [3.8, 4) is 0 Å². The molecule has 2 saturated heterocycles. The number of thiocarbonyl (C=S) groups is 1. The summed E-state index contributed by atoms with van der Waals surface area (Å²) in [5.74, 6) is -2.09. The van der Waals surface area contributed by atoms with E-state index >= 15 is 0 Å². The van der Waals surface area contributed by atoms with E-state index in [0.29, 0.717) is 6.61 Å². The molecule has 2 N–H and O–H groups in total. The Bertz CT molecular complexity index is 995. The molecular weight excluding hydrogens is 474 g/mol. The topological polar surface area (TPSA) is 183 Å². The molecule has 14 nitrogen and oxygen atoms in total. The quantitative estimate of drug-likeness (QED) is 0.231. The lowest BCUT2D eigenvalue weighted by molar-refractivity contribution is -0.394. The molecule has 0 aromatic heterocycles. The normalized spacial score (nSPS) is 19.8. The maximum Gasteiger partial charge on any atom is 0.308 e. The summed E-state index contributed by atoms with van der Waals surface area (Å²) in [6.07, 6.45) is 1.13. The lowest BCUT2D eigenvalue weighted by Gasteiger charge is -2.36. The molecule has 0 spiro atoms. The van der Waals surface area contributed by atoms with E-state index in [2.05, 4.69) is 10.6 Å². The summed E-state index contributed by atoms with van der Waals surface area (Å²) in [7, 11) is 0. The highest BCUT2D eigenvalue weighted by Gasteiger charge is 2.35.